The molecular weight excluding hydrogens is 188 g/mol. The van der Waals surface area contributed by atoms with Crippen molar-refractivity contribution in [2.75, 3.05) is 0 Å². The molecular formula is C13H20O2. The van der Waals surface area contributed by atoms with E-state index in [1.807, 2.05) is 0 Å². The number of carbonyl (C=O) groups excluding carboxylic acids is 2. The van der Waals surface area contributed by atoms with Crippen LogP contribution in [0.2, 0.25) is 0 Å². The molecule has 2 aliphatic rings. The van der Waals surface area contributed by atoms with Gasteiger partial charge in [0.2, 0.25) is 0 Å². The average Bonchev–Trinajstić information content (AvgIpc) is 2.80. The van der Waals surface area contributed by atoms with Crippen molar-refractivity contribution in [1.82, 2.24) is 0 Å². The van der Waals surface area contributed by atoms with E-state index in [0.29, 0.717) is 0 Å². The molecule has 0 amide bonds. The van der Waals surface area contributed by atoms with E-state index in [0.717, 1.165) is 63.9 Å². The van der Waals surface area contributed by atoms with Gasteiger partial charge in [-0.05, 0) is 25.7 Å². The van der Waals surface area contributed by atoms with E-state index in [1.54, 1.807) is 0 Å². The summed E-state index contributed by atoms with van der Waals surface area (Å²) in [5.74, 6) is 0. The van der Waals surface area contributed by atoms with Crippen molar-refractivity contribution >= 4 is 12.6 Å². The topological polar surface area (TPSA) is 34.1 Å². The maximum Gasteiger partial charge on any atom is 0.127 e. The number of hydrogen-bond acceptors (Lipinski definition) is 2. The highest BCUT2D eigenvalue weighted by Crippen LogP contribution is 2.55. The van der Waals surface area contributed by atoms with Crippen molar-refractivity contribution in [3.8, 4) is 0 Å². The Labute approximate surface area is 91.4 Å². The highest BCUT2D eigenvalue weighted by molar-refractivity contribution is 5.73. The smallest absolute Gasteiger partial charge is 0.127 e. The molecule has 0 aromatic carbocycles. The first-order chi connectivity index (χ1) is 7.29. The maximum absolute atomic E-state index is 11.5. The Hall–Kier alpha value is -0.660. The molecule has 2 nitrogen and oxygen atoms in total. The molecule has 0 aromatic heterocycles. The van der Waals surface area contributed by atoms with E-state index in [1.165, 1.54) is 6.42 Å². The molecule has 15 heavy (non-hydrogen) atoms. The molecule has 0 saturated heterocycles. The standard InChI is InChI=1S/C13H20O2/c14-10-12(6-2-1-3-7-12)13(11-15)8-4-5-9-13/h10-11H,1-9H2. The lowest BCUT2D eigenvalue weighted by atomic mass is 9.57. The lowest BCUT2D eigenvalue weighted by molar-refractivity contribution is -0.137. The lowest BCUT2D eigenvalue weighted by Crippen LogP contribution is -2.44. The van der Waals surface area contributed by atoms with Crippen LogP contribution in [0.4, 0.5) is 0 Å². The van der Waals surface area contributed by atoms with E-state index in [2.05, 4.69) is 0 Å². The van der Waals surface area contributed by atoms with Crippen LogP contribution in [0.25, 0.3) is 0 Å². The molecule has 0 radical (unpaired) electrons. The fraction of sp³-hybridized carbons (Fsp3) is 0.846. The molecule has 0 aliphatic heterocycles. The number of hydrogen-bond donors (Lipinski definition) is 0. The van der Waals surface area contributed by atoms with Crippen LogP contribution < -0.4 is 0 Å². The lowest BCUT2D eigenvalue weighted by Gasteiger charge is -2.44. The summed E-state index contributed by atoms with van der Waals surface area (Å²) < 4.78 is 0. The van der Waals surface area contributed by atoms with Gasteiger partial charge in [-0.1, -0.05) is 32.1 Å². The van der Waals surface area contributed by atoms with Crippen molar-refractivity contribution in [3.63, 3.8) is 0 Å². The zero-order valence-electron chi connectivity index (χ0n) is 9.34. The third kappa shape index (κ3) is 1.54. The predicted molar refractivity (Wildman–Crippen MR) is 58.5 cm³/mol. The highest BCUT2D eigenvalue weighted by Gasteiger charge is 2.52. The number of rotatable bonds is 3. The normalized spacial score (nSPS) is 28.5. The van der Waals surface area contributed by atoms with Crippen LogP contribution in [-0.4, -0.2) is 12.6 Å². The van der Waals surface area contributed by atoms with Gasteiger partial charge in [0.05, 0.1) is 0 Å². The second kappa shape index (κ2) is 4.07. The fourth-order valence-electron chi connectivity index (χ4n) is 3.65. The van der Waals surface area contributed by atoms with Crippen LogP contribution in [0.15, 0.2) is 0 Å². The van der Waals surface area contributed by atoms with Crippen LogP contribution in [0.3, 0.4) is 0 Å². The van der Waals surface area contributed by atoms with Gasteiger partial charge >= 0.3 is 0 Å². The first kappa shape index (κ1) is 10.8. The SMILES string of the molecule is O=CC1(C2(C=O)CCCC2)CCCCC1. The molecule has 2 heteroatoms. The first-order valence-corrected chi connectivity index (χ1v) is 6.21. The first-order valence-electron chi connectivity index (χ1n) is 6.21. The van der Waals surface area contributed by atoms with Crippen LogP contribution in [0.1, 0.15) is 57.8 Å². The third-order valence-corrected chi connectivity index (χ3v) is 4.68. The predicted octanol–water partition coefficient (Wildman–Crippen LogP) is 2.90. The quantitative estimate of drug-likeness (QED) is 0.668. The Morgan fingerprint density at radius 1 is 0.600 bits per heavy atom. The molecule has 2 fully saturated rings. The number of carbonyl (C=O) groups is 2. The minimum Gasteiger partial charge on any atom is -0.303 e. The Morgan fingerprint density at radius 3 is 1.27 bits per heavy atom. The summed E-state index contributed by atoms with van der Waals surface area (Å²) in [6, 6.07) is 0. The zero-order chi connectivity index (χ0) is 10.8. The Kier molecular flexibility index (Phi) is 2.94. The van der Waals surface area contributed by atoms with Gasteiger partial charge in [-0.15, -0.1) is 0 Å². The monoisotopic (exact) mass is 208 g/mol. The third-order valence-electron chi connectivity index (χ3n) is 4.68. The summed E-state index contributed by atoms with van der Waals surface area (Å²) in [5.41, 5.74) is -0.599. The molecule has 0 aromatic rings. The molecule has 0 heterocycles. The molecule has 2 rings (SSSR count). The molecule has 0 unspecified atom stereocenters. The van der Waals surface area contributed by atoms with Gasteiger partial charge in [0.1, 0.15) is 12.6 Å². The number of aldehydes is 2. The summed E-state index contributed by atoms with van der Waals surface area (Å²) in [7, 11) is 0. The Balaban J connectivity index is 2.29. The Morgan fingerprint density at radius 2 is 0.933 bits per heavy atom. The summed E-state index contributed by atoms with van der Waals surface area (Å²) >= 11 is 0. The zero-order valence-corrected chi connectivity index (χ0v) is 9.34. The van der Waals surface area contributed by atoms with Crippen LogP contribution in [0, 0.1) is 10.8 Å². The molecule has 0 spiro atoms. The van der Waals surface area contributed by atoms with Gasteiger partial charge in [-0.25, -0.2) is 0 Å². The molecule has 84 valence electrons. The van der Waals surface area contributed by atoms with Crippen molar-refractivity contribution in [1.29, 1.82) is 0 Å². The van der Waals surface area contributed by atoms with Gasteiger partial charge < -0.3 is 9.59 Å². The highest BCUT2D eigenvalue weighted by atomic mass is 16.1. The second-order valence-electron chi connectivity index (χ2n) is 5.32. The second-order valence-corrected chi connectivity index (χ2v) is 5.32. The average molecular weight is 208 g/mol. The van der Waals surface area contributed by atoms with E-state index < -0.39 is 0 Å². The largest absolute Gasteiger partial charge is 0.303 e. The van der Waals surface area contributed by atoms with Crippen molar-refractivity contribution in [2.24, 2.45) is 10.8 Å². The molecule has 0 bridgehead atoms. The van der Waals surface area contributed by atoms with E-state index in [4.69, 9.17) is 0 Å². The minimum absolute atomic E-state index is 0.296. The van der Waals surface area contributed by atoms with Gasteiger partial charge in [-0.3, -0.25) is 0 Å². The Bertz CT molecular complexity index is 245. The van der Waals surface area contributed by atoms with E-state index >= 15 is 0 Å². The van der Waals surface area contributed by atoms with Gasteiger partial charge in [0.25, 0.3) is 0 Å². The van der Waals surface area contributed by atoms with Crippen LogP contribution in [-0.2, 0) is 9.59 Å². The van der Waals surface area contributed by atoms with E-state index in [-0.39, 0.29) is 10.8 Å². The maximum atomic E-state index is 11.5. The molecule has 0 N–H and O–H groups in total. The molecule has 2 saturated carbocycles. The van der Waals surface area contributed by atoms with Crippen LogP contribution in [0.5, 0.6) is 0 Å². The van der Waals surface area contributed by atoms with Crippen molar-refractivity contribution in [2.45, 2.75) is 57.8 Å². The fourth-order valence-corrected chi connectivity index (χ4v) is 3.65. The summed E-state index contributed by atoms with van der Waals surface area (Å²) in [4.78, 5) is 22.9. The van der Waals surface area contributed by atoms with Crippen molar-refractivity contribution in [3.05, 3.63) is 0 Å². The molecule has 0 atom stereocenters. The minimum atomic E-state index is -0.302. The van der Waals surface area contributed by atoms with Gasteiger partial charge in [0.15, 0.2) is 0 Å². The molecule has 2 aliphatic carbocycles. The van der Waals surface area contributed by atoms with Gasteiger partial charge in [0, 0.05) is 10.8 Å². The van der Waals surface area contributed by atoms with Gasteiger partial charge in [-0.2, -0.15) is 0 Å². The summed E-state index contributed by atoms with van der Waals surface area (Å²) in [6.45, 7) is 0. The van der Waals surface area contributed by atoms with Crippen LogP contribution >= 0.6 is 0 Å². The van der Waals surface area contributed by atoms with E-state index in [9.17, 15) is 9.59 Å². The summed E-state index contributed by atoms with van der Waals surface area (Å²) in [5, 5.41) is 0. The summed E-state index contributed by atoms with van der Waals surface area (Å²) in [6.07, 6.45) is 11.7. The van der Waals surface area contributed by atoms with Crippen molar-refractivity contribution < 1.29 is 9.59 Å².